The molecule has 2 heteroatoms. The molecule has 0 saturated carbocycles. The van der Waals surface area contributed by atoms with Crippen LogP contribution in [0.1, 0.15) is 16.6 Å². The zero-order valence-electron chi connectivity index (χ0n) is 7.48. The van der Waals surface area contributed by atoms with Crippen molar-refractivity contribution in [1.29, 1.82) is 0 Å². The number of hydrogen-bond donors (Lipinski definition) is 0. The second-order valence-electron chi connectivity index (χ2n) is 3.03. The van der Waals surface area contributed by atoms with Crippen LogP contribution in [0, 0.1) is 0 Å². The maximum atomic E-state index is 2.23. The van der Waals surface area contributed by atoms with Crippen molar-refractivity contribution in [2.24, 2.45) is 0 Å². The van der Waals surface area contributed by atoms with E-state index < -0.39 is 0 Å². The third kappa shape index (κ3) is 2.61. The van der Waals surface area contributed by atoms with Crippen LogP contribution in [0.15, 0.2) is 36.4 Å². The van der Waals surface area contributed by atoms with Gasteiger partial charge in [-0.05, 0) is 17.9 Å². The van der Waals surface area contributed by atoms with Crippen molar-refractivity contribution in [1.82, 2.24) is 0 Å². The highest BCUT2D eigenvalue weighted by atomic mass is 32.2. The van der Waals surface area contributed by atoms with Gasteiger partial charge in [0.1, 0.15) is 0 Å². The van der Waals surface area contributed by atoms with Gasteiger partial charge in [0.05, 0.1) is 4.58 Å². The first kappa shape index (κ1) is 9.35. The van der Waals surface area contributed by atoms with Crippen molar-refractivity contribution in [2.45, 2.75) is 11.0 Å². The van der Waals surface area contributed by atoms with Crippen LogP contribution < -0.4 is 0 Å². The topological polar surface area (TPSA) is 0 Å². The van der Waals surface area contributed by atoms with Gasteiger partial charge in [-0.3, -0.25) is 0 Å². The molecular formula is C11H13S2+. The second-order valence-corrected chi connectivity index (χ2v) is 5.75. The first-order valence-corrected chi connectivity index (χ1v) is 6.68. The van der Waals surface area contributed by atoms with E-state index >= 15 is 0 Å². The number of thioether (sulfide) groups is 2. The summed E-state index contributed by atoms with van der Waals surface area (Å²) in [7, 11) is 0. The van der Waals surface area contributed by atoms with E-state index in [2.05, 4.69) is 59.9 Å². The molecule has 0 spiro atoms. The van der Waals surface area contributed by atoms with Crippen LogP contribution >= 0.6 is 23.5 Å². The van der Waals surface area contributed by atoms with Crippen LogP contribution in [0.3, 0.4) is 0 Å². The number of hydrogen-bond acceptors (Lipinski definition) is 2. The van der Waals surface area contributed by atoms with Crippen LogP contribution in [0.5, 0.6) is 0 Å². The second kappa shape index (κ2) is 4.87. The van der Waals surface area contributed by atoms with Gasteiger partial charge in [0.15, 0.2) is 0 Å². The zero-order valence-corrected chi connectivity index (χ0v) is 9.11. The Hall–Kier alpha value is -0.210. The summed E-state index contributed by atoms with van der Waals surface area (Å²) in [5.41, 5.74) is 1.46. The first-order chi connectivity index (χ1) is 6.47. The van der Waals surface area contributed by atoms with Gasteiger partial charge in [-0.15, -0.1) is 23.5 Å². The molecule has 0 bridgehead atoms. The van der Waals surface area contributed by atoms with E-state index in [0.717, 1.165) is 0 Å². The highest BCUT2D eigenvalue weighted by Crippen LogP contribution is 2.43. The molecule has 0 nitrogen and oxygen atoms in total. The number of rotatable bonds is 1. The lowest BCUT2D eigenvalue weighted by Gasteiger charge is -2.18. The fraction of sp³-hybridized carbons (Fsp3) is 0.364. The summed E-state index contributed by atoms with van der Waals surface area (Å²) in [5.74, 6) is 2.63. The Morgan fingerprint density at radius 3 is 2.85 bits per heavy atom. The summed E-state index contributed by atoms with van der Waals surface area (Å²) in [4.78, 5) is 0. The molecule has 0 unspecified atom stereocenters. The van der Waals surface area contributed by atoms with E-state index in [1.165, 1.54) is 23.5 Å². The standard InChI is InChI=1S/C11H13S2/c1-2-4-7-10(6-3-1)11-12-8-5-9-13-11/h1-4,6-7,11H,5,8-9H2/q+1. The molecule has 1 saturated heterocycles. The van der Waals surface area contributed by atoms with E-state index in [9.17, 15) is 0 Å². The summed E-state index contributed by atoms with van der Waals surface area (Å²) < 4.78 is 0.668. The monoisotopic (exact) mass is 209 g/mol. The average molecular weight is 209 g/mol. The van der Waals surface area contributed by atoms with E-state index in [4.69, 9.17) is 0 Å². The molecule has 2 rings (SSSR count). The lowest BCUT2D eigenvalue weighted by molar-refractivity contribution is 1.10. The lowest BCUT2D eigenvalue weighted by Crippen LogP contribution is -1.98. The summed E-state index contributed by atoms with van der Waals surface area (Å²) in [6.07, 6.45) is 1.37. The van der Waals surface area contributed by atoms with Crippen molar-refractivity contribution in [3.63, 3.8) is 0 Å². The van der Waals surface area contributed by atoms with Gasteiger partial charge in [0.25, 0.3) is 0 Å². The van der Waals surface area contributed by atoms with E-state index in [0.29, 0.717) is 4.58 Å². The summed E-state index contributed by atoms with van der Waals surface area (Å²) >= 11 is 4.15. The Balaban J connectivity index is 2.15. The van der Waals surface area contributed by atoms with Gasteiger partial charge in [0, 0.05) is 42.0 Å². The van der Waals surface area contributed by atoms with Crippen LogP contribution in [-0.2, 0) is 0 Å². The molecule has 0 atom stereocenters. The smallest absolute Gasteiger partial charge is 0.0885 e. The van der Waals surface area contributed by atoms with E-state index in [1.54, 1.807) is 0 Å². The fourth-order valence-electron chi connectivity index (χ4n) is 1.35. The molecule has 1 aliphatic rings. The molecule has 1 aromatic rings. The molecule has 1 fully saturated rings. The Bertz CT molecular complexity index is 253. The third-order valence-corrected chi connectivity index (χ3v) is 5.03. The zero-order chi connectivity index (χ0) is 8.93. The van der Waals surface area contributed by atoms with Crippen LogP contribution in [-0.4, -0.2) is 11.5 Å². The van der Waals surface area contributed by atoms with Gasteiger partial charge in [-0.2, -0.15) is 0 Å². The molecule has 0 amide bonds. The molecule has 0 N–H and O–H groups in total. The van der Waals surface area contributed by atoms with Crippen molar-refractivity contribution in [2.75, 3.05) is 11.5 Å². The SMILES string of the molecule is c1c[cH+]ccc(C2SCCCS2)c1. The Morgan fingerprint density at radius 2 is 2.00 bits per heavy atom. The normalized spacial score (nSPS) is 18.5. The van der Waals surface area contributed by atoms with Crippen molar-refractivity contribution in [3.05, 3.63) is 42.0 Å². The molecule has 0 aliphatic carbocycles. The molecule has 1 aliphatic heterocycles. The molecule has 1 heterocycles. The fourth-order valence-corrected chi connectivity index (χ4v) is 4.25. The minimum absolute atomic E-state index is 0.668. The van der Waals surface area contributed by atoms with E-state index in [1.807, 2.05) is 0 Å². The molecular weight excluding hydrogens is 196 g/mol. The summed E-state index contributed by atoms with van der Waals surface area (Å²) in [5, 5.41) is 0. The van der Waals surface area contributed by atoms with Crippen LogP contribution in [0.4, 0.5) is 0 Å². The minimum atomic E-state index is 0.668. The van der Waals surface area contributed by atoms with Crippen molar-refractivity contribution >= 4 is 23.5 Å². The van der Waals surface area contributed by atoms with Gasteiger partial charge < -0.3 is 0 Å². The Labute approximate surface area is 88.1 Å². The van der Waals surface area contributed by atoms with E-state index in [-0.39, 0.29) is 0 Å². The predicted octanol–water partition coefficient (Wildman–Crippen LogP) is 3.84. The minimum Gasteiger partial charge on any atom is -0.141 e. The van der Waals surface area contributed by atoms with Gasteiger partial charge >= 0.3 is 0 Å². The highest BCUT2D eigenvalue weighted by molar-refractivity contribution is 8.16. The largest absolute Gasteiger partial charge is 0.141 e. The van der Waals surface area contributed by atoms with Crippen LogP contribution in [0.2, 0.25) is 0 Å². The Morgan fingerprint density at radius 1 is 1.15 bits per heavy atom. The third-order valence-electron chi connectivity index (χ3n) is 2.01. The predicted molar refractivity (Wildman–Crippen MR) is 63.1 cm³/mol. The maximum Gasteiger partial charge on any atom is 0.0885 e. The van der Waals surface area contributed by atoms with Gasteiger partial charge in [0.2, 0.25) is 0 Å². The van der Waals surface area contributed by atoms with Crippen LogP contribution in [0.25, 0.3) is 0 Å². The summed E-state index contributed by atoms with van der Waals surface area (Å²) in [6, 6.07) is 12.9. The van der Waals surface area contributed by atoms with Crippen molar-refractivity contribution in [3.8, 4) is 0 Å². The first-order valence-electron chi connectivity index (χ1n) is 4.58. The van der Waals surface area contributed by atoms with Gasteiger partial charge in [-0.25, -0.2) is 0 Å². The van der Waals surface area contributed by atoms with Crippen molar-refractivity contribution < 1.29 is 0 Å². The van der Waals surface area contributed by atoms with Gasteiger partial charge in [-0.1, -0.05) is 0 Å². The quantitative estimate of drug-likeness (QED) is 0.645. The molecule has 0 aromatic heterocycles. The average Bonchev–Trinajstić information content (AvgIpc) is 2.47. The maximum absolute atomic E-state index is 2.23. The molecule has 13 heavy (non-hydrogen) atoms. The summed E-state index contributed by atoms with van der Waals surface area (Å²) in [6.45, 7) is 0. The molecule has 68 valence electrons. The highest BCUT2D eigenvalue weighted by Gasteiger charge is 2.17. The molecule has 1 aromatic carbocycles. The lowest BCUT2D eigenvalue weighted by atomic mass is 10.3. The molecule has 0 radical (unpaired) electrons. The Kier molecular flexibility index (Phi) is 3.50.